The van der Waals surface area contributed by atoms with Crippen LogP contribution in [0.15, 0.2) is 29.3 Å². The summed E-state index contributed by atoms with van der Waals surface area (Å²) in [5, 5.41) is 0. The topological polar surface area (TPSA) is 238 Å². The minimum absolute atomic E-state index is 0.0251. The zero-order valence-electron chi connectivity index (χ0n) is 17.0. The second-order valence-corrected chi connectivity index (χ2v) is 6.74. The number of aliphatic imine (C=N–C) groups is 1. The molecule has 1 atom stereocenters. The molecule has 166 valence electrons. The molecular formula is C19H27N9O3. The van der Waals surface area contributed by atoms with Crippen LogP contribution in [0.3, 0.4) is 0 Å². The number of anilines is 2. The molecule has 1 aromatic carbocycles. The SMILES string of the molecule is NC(=O)c1nc(C(N)=NCCCCc2ccc(OC[C@H](N)C(N)=O)cc2)c(N)nc1N. The lowest BCUT2D eigenvalue weighted by atomic mass is 10.1. The van der Waals surface area contributed by atoms with Gasteiger partial charge in [0.25, 0.3) is 5.91 Å². The monoisotopic (exact) mass is 429 g/mol. The summed E-state index contributed by atoms with van der Waals surface area (Å²) in [6.45, 7) is 0.466. The molecule has 12 nitrogen and oxygen atoms in total. The summed E-state index contributed by atoms with van der Waals surface area (Å²) in [6.07, 6.45) is 2.45. The third-order valence-corrected chi connectivity index (χ3v) is 4.30. The fraction of sp³-hybridized carbons (Fsp3) is 0.316. The van der Waals surface area contributed by atoms with Crippen LogP contribution in [0, 0.1) is 0 Å². The molecule has 31 heavy (non-hydrogen) atoms. The van der Waals surface area contributed by atoms with E-state index in [0.717, 1.165) is 24.8 Å². The Balaban J connectivity index is 1.82. The number of aromatic nitrogens is 2. The van der Waals surface area contributed by atoms with Gasteiger partial charge in [-0.15, -0.1) is 0 Å². The van der Waals surface area contributed by atoms with Gasteiger partial charge in [0.05, 0.1) is 0 Å². The number of carbonyl (C=O) groups excluding carboxylic acids is 2. The standard InChI is InChI=1S/C19H27N9O3/c20-12(18(24)29)9-31-11-6-4-10(5-7-11)3-1-2-8-26-15(21)13-16(22)28-17(23)14(27-13)19(25)30/h4-7,12H,1-3,8-9,20H2,(H2,21,26)(H2,24,29)(H2,25,30)(H4,22,23,28)/t12-/m0/s1. The molecule has 0 aliphatic rings. The summed E-state index contributed by atoms with van der Waals surface area (Å²) < 4.78 is 5.42. The van der Waals surface area contributed by atoms with Gasteiger partial charge in [-0.05, 0) is 37.0 Å². The highest BCUT2D eigenvalue weighted by molar-refractivity contribution is 6.02. The Hall–Kier alpha value is -3.93. The zero-order chi connectivity index (χ0) is 23.0. The van der Waals surface area contributed by atoms with E-state index in [0.29, 0.717) is 12.3 Å². The maximum atomic E-state index is 11.3. The Morgan fingerprint density at radius 1 is 0.968 bits per heavy atom. The normalized spacial score (nSPS) is 12.4. The molecule has 0 bridgehead atoms. The van der Waals surface area contributed by atoms with Gasteiger partial charge in [0.15, 0.2) is 17.3 Å². The first-order chi connectivity index (χ1) is 14.7. The highest BCUT2D eigenvalue weighted by Gasteiger charge is 2.16. The number of amidine groups is 1. The van der Waals surface area contributed by atoms with Gasteiger partial charge in [-0.2, -0.15) is 0 Å². The van der Waals surface area contributed by atoms with E-state index < -0.39 is 17.9 Å². The highest BCUT2D eigenvalue weighted by Crippen LogP contribution is 2.15. The predicted molar refractivity (Wildman–Crippen MR) is 117 cm³/mol. The molecule has 2 rings (SSSR count). The molecule has 0 fully saturated rings. The van der Waals surface area contributed by atoms with Crippen LogP contribution in [0.1, 0.15) is 34.6 Å². The molecule has 2 amide bonds. The van der Waals surface area contributed by atoms with Crippen LogP contribution in [-0.4, -0.2) is 46.8 Å². The highest BCUT2D eigenvalue weighted by atomic mass is 16.5. The fourth-order valence-electron chi connectivity index (χ4n) is 2.57. The predicted octanol–water partition coefficient (Wildman–Crippen LogP) is -1.34. The van der Waals surface area contributed by atoms with Crippen LogP contribution in [0.2, 0.25) is 0 Å². The van der Waals surface area contributed by atoms with Crippen molar-refractivity contribution < 1.29 is 14.3 Å². The molecular weight excluding hydrogens is 402 g/mol. The third-order valence-electron chi connectivity index (χ3n) is 4.30. The Bertz CT molecular complexity index is 961. The lowest BCUT2D eigenvalue weighted by Crippen LogP contribution is -2.41. The van der Waals surface area contributed by atoms with Crippen molar-refractivity contribution >= 4 is 29.3 Å². The van der Waals surface area contributed by atoms with Gasteiger partial charge in [-0.25, -0.2) is 9.97 Å². The third kappa shape index (κ3) is 6.82. The number of hydrogen-bond acceptors (Lipinski definition) is 9. The number of amides is 2. The first-order valence-corrected chi connectivity index (χ1v) is 9.48. The maximum Gasteiger partial charge on any atom is 0.271 e. The van der Waals surface area contributed by atoms with Crippen LogP contribution in [0.5, 0.6) is 5.75 Å². The van der Waals surface area contributed by atoms with Crippen molar-refractivity contribution in [3.05, 3.63) is 41.2 Å². The van der Waals surface area contributed by atoms with Gasteiger partial charge >= 0.3 is 0 Å². The minimum atomic E-state index is -0.843. The number of nitrogens with two attached hydrogens (primary N) is 6. The van der Waals surface area contributed by atoms with E-state index in [1.165, 1.54) is 0 Å². The van der Waals surface area contributed by atoms with E-state index in [4.69, 9.17) is 39.1 Å². The fourth-order valence-corrected chi connectivity index (χ4v) is 2.57. The average molecular weight is 429 g/mol. The summed E-state index contributed by atoms with van der Waals surface area (Å²) in [5.74, 6) is -0.958. The molecule has 12 N–H and O–H groups in total. The van der Waals surface area contributed by atoms with Gasteiger partial charge in [0.1, 0.15) is 29.9 Å². The summed E-state index contributed by atoms with van der Waals surface area (Å²) in [4.78, 5) is 34.3. The smallest absolute Gasteiger partial charge is 0.271 e. The number of carbonyl (C=O) groups is 2. The molecule has 0 spiro atoms. The number of rotatable bonds is 11. The first kappa shape index (κ1) is 23.3. The number of benzene rings is 1. The Morgan fingerprint density at radius 3 is 2.23 bits per heavy atom. The average Bonchev–Trinajstić information content (AvgIpc) is 2.72. The quantitative estimate of drug-likeness (QED) is 0.140. The summed E-state index contributed by atoms with van der Waals surface area (Å²) in [6, 6.07) is 6.62. The van der Waals surface area contributed by atoms with Crippen molar-refractivity contribution in [2.24, 2.45) is 27.9 Å². The van der Waals surface area contributed by atoms with Gasteiger partial charge in [-0.3, -0.25) is 14.6 Å². The minimum Gasteiger partial charge on any atom is -0.491 e. The van der Waals surface area contributed by atoms with E-state index in [9.17, 15) is 9.59 Å². The van der Waals surface area contributed by atoms with Crippen molar-refractivity contribution in [1.82, 2.24) is 9.97 Å². The number of unbranched alkanes of at least 4 members (excludes halogenated alkanes) is 1. The number of ether oxygens (including phenoxy) is 1. The zero-order valence-corrected chi connectivity index (χ0v) is 17.0. The van der Waals surface area contributed by atoms with Crippen LogP contribution >= 0.6 is 0 Å². The Kier molecular flexibility index (Phi) is 8.09. The Labute approximate surface area is 179 Å². The van der Waals surface area contributed by atoms with Crippen molar-refractivity contribution in [2.75, 3.05) is 24.6 Å². The molecule has 0 aliphatic carbocycles. The van der Waals surface area contributed by atoms with Crippen LogP contribution < -0.4 is 39.1 Å². The van der Waals surface area contributed by atoms with E-state index >= 15 is 0 Å². The number of primary amides is 2. The molecule has 0 saturated heterocycles. The van der Waals surface area contributed by atoms with Gasteiger partial charge < -0.3 is 39.1 Å². The van der Waals surface area contributed by atoms with Gasteiger partial charge in [-0.1, -0.05) is 12.1 Å². The lowest BCUT2D eigenvalue weighted by molar-refractivity contribution is -0.119. The number of hydrogen-bond donors (Lipinski definition) is 6. The van der Waals surface area contributed by atoms with Gasteiger partial charge in [0, 0.05) is 6.54 Å². The van der Waals surface area contributed by atoms with Crippen molar-refractivity contribution in [3.63, 3.8) is 0 Å². The van der Waals surface area contributed by atoms with E-state index in [-0.39, 0.29) is 35.5 Å². The molecule has 0 aliphatic heterocycles. The summed E-state index contributed by atoms with van der Waals surface area (Å²) in [7, 11) is 0. The van der Waals surface area contributed by atoms with Crippen molar-refractivity contribution in [2.45, 2.75) is 25.3 Å². The second-order valence-electron chi connectivity index (χ2n) is 6.74. The molecule has 12 heteroatoms. The Morgan fingerprint density at radius 2 is 1.61 bits per heavy atom. The number of aryl methyl sites for hydroxylation is 1. The van der Waals surface area contributed by atoms with E-state index in [1.54, 1.807) is 12.1 Å². The van der Waals surface area contributed by atoms with Crippen molar-refractivity contribution in [3.8, 4) is 5.75 Å². The van der Waals surface area contributed by atoms with Crippen LogP contribution in [0.25, 0.3) is 0 Å². The van der Waals surface area contributed by atoms with Crippen molar-refractivity contribution in [1.29, 1.82) is 0 Å². The molecule has 1 heterocycles. The van der Waals surface area contributed by atoms with Crippen LogP contribution in [0.4, 0.5) is 11.6 Å². The summed E-state index contributed by atoms with van der Waals surface area (Å²) >= 11 is 0. The molecule has 0 unspecified atom stereocenters. The number of nitrogen functional groups attached to an aromatic ring is 2. The molecule has 2 aromatic rings. The largest absolute Gasteiger partial charge is 0.491 e. The molecule has 0 saturated carbocycles. The molecule has 0 radical (unpaired) electrons. The number of nitrogens with zero attached hydrogens (tertiary/aromatic N) is 3. The lowest BCUT2D eigenvalue weighted by Gasteiger charge is -2.10. The molecule has 1 aromatic heterocycles. The maximum absolute atomic E-state index is 11.3. The first-order valence-electron chi connectivity index (χ1n) is 9.48. The second kappa shape index (κ2) is 10.7. The van der Waals surface area contributed by atoms with E-state index in [1.807, 2.05) is 12.1 Å². The van der Waals surface area contributed by atoms with Crippen LogP contribution in [-0.2, 0) is 11.2 Å². The van der Waals surface area contributed by atoms with E-state index in [2.05, 4.69) is 15.0 Å². The van der Waals surface area contributed by atoms with Gasteiger partial charge in [0.2, 0.25) is 5.91 Å². The summed E-state index contributed by atoms with van der Waals surface area (Å²) in [5.41, 5.74) is 34.1.